The Balaban J connectivity index is 0.000000771. The molecule has 0 saturated carbocycles. The van der Waals surface area contributed by atoms with Gasteiger partial charge in [-0.05, 0) is 57.6 Å². The van der Waals surface area contributed by atoms with Crippen LogP contribution in [0, 0.1) is 6.92 Å². The fourth-order valence-corrected chi connectivity index (χ4v) is 4.81. The Hall–Kier alpha value is -0.620. The van der Waals surface area contributed by atoms with Gasteiger partial charge >= 0.3 is 0 Å². The molecular weight excluding hydrogens is 454 g/mol. The minimum atomic E-state index is -4.27. The third kappa shape index (κ3) is 16.6. The predicted molar refractivity (Wildman–Crippen MR) is 142 cm³/mol. The fraction of sp³-hybridized carbons (Fsp3) is 0.778. The highest BCUT2D eigenvalue weighted by Crippen LogP contribution is 2.18. The van der Waals surface area contributed by atoms with Gasteiger partial charge in [0.1, 0.15) is 10.1 Å². The maximum absolute atomic E-state index is 10.4. The Labute approximate surface area is 210 Å². The Kier molecular flexibility index (Phi) is 19.3. The van der Waals surface area contributed by atoms with E-state index in [0.717, 1.165) is 11.4 Å². The first-order valence-electron chi connectivity index (χ1n) is 13.2. The van der Waals surface area contributed by atoms with Crippen LogP contribution in [0.4, 0.5) is 0 Å². The van der Waals surface area contributed by atoms with Gasteiger partial charge in [-0.15, -0.1) is 11.6 Å². The van der Waals surface area contributed by atoms with Crippen LogP contribution >= 0.6 is 11.6 Å². The highest BCUT2D eigenvalue weighted by atomic mass is 35.5. The van der Waals surface area contributed by atoms with Gasteiger partial charge in [0.15, 0.2) is 0 Å². The minimum absolute atomic E-state index is 0.178. The molecule has 1 aromatic rings. The zero-order valence-electron chi connectivity index (χ0n) is 21.8. The molecule has 1 rings (SSSR count). The van der Waals surface area contributed by atoms with Crippen LogP contribution in [-0.4, -0.2) is 49.5 Å². The van der Waals surface area contributed by atoms with Gasteiger partial charge in [-0.3, -0.25) is 0 Å². The van der Waals surface area contributed by atoms with E-state index in [9.17, 15) is 13.0 Å². The molecule has 0 spiro atoms. The summed E-state index contributed by atoms with van der Waals surface area (Å²) in [5.74, 6) is 0.831. The zero-order valence-corrected chi connectivity index (χ0v) is 23.4. The molecule has 0 aliphatic rings. The molecule has 6 heteroatoms. The van der Waals surface area contributed by atoms with Crippen molar-refractivity contribution in [1.29, 1.82) is 0 Å². The van der Waals surface area contributed by atoms with Gasteiger partial charge in [-0.1, -0.05) is 70.6 Å². The normalized spacial score (nSPS) is 11.8. The van der Waals surface area contributed by atoms with Crippen molar-refractivity contribution < 1.29 is 17.5 Å². The van der Waals surface area contributed by atoms with E-state index in [2.05, 4.69) is 20.8 Å². The van der Waals surface area contributed by atoms with E-state index in [-0.39, 0.29) is 4.90 Å². The molecule has 0 bridgehead atoms. The average molecular weight is 504 g/mol. The summed E-state index contributed by atoms with van der Waals surface area (Å²) in [5.41, 5.74) is 0.928. The smallest absolute Gasteiger partial charge is 0.124 e. The van der Waals surface area contributed by atoms with E-state index in [0.29, 0.717) is 0 Å². The Bertz CT molecular complexity index is 665. The summed E-state index contributed by atoms with van der Waals surface area (Å²) in [4.78, 5) is -0.178. The number of hydrogen-bond acceptors (Lipinski definition) is 3. The van der Waals surface area contributed by atoms with E-state index in [1.165, 1.54) is 120 Å². The molecule has 0 amide bonds. The number of unbranched alkanes of at least 4 members (excludes halogenated alkanes) is 8. The van der Waals surface area contributed by atoms with Crippen LogP contribution in [0.25, 0.3) is 0 Å². The number of quaternary nitrogens is 1. The number of aryl methyl sites for hydroxylation is 1. The van der Waals surface area contributed by atoms with Crippen LogP contribution in [0.15, 0.2) is 29.2 Å². The SMILES string of the molecule is CCCCCC[N+](CCCCl)(CCCCC)CCCCCC.Cc1ccc(S(=O)(=O)[O-])cc1. The summed E-state index contributed by atoms with van der Waals surface area (Å²) >= 11 is 6.03. The van der Waals surface area contributed by atoms with Crippen molar-refractivity contribution in [3.8, 4) is 0 Å². The Morgan fingerprint density at radius 2 is 1.09 bits per heavy atom. The van der Waals surface area contributed by atoms with Crippen LogP contribution in [0.1, 0.15) is 103 Å². The van der Waals surface area contributed by atoms with Crippen molar-refractivity contribution in [3.05, 3.63) is 29.8 Å². The lowest BCUT2D eigenvalue weighted by molar-refractivity contribution is -0.928. The Morgan fingerprint density at radius 3 is 1.48 bits per heavy atom. The highest BCUT2D eigenvalue weighted by Gasteiger charge is 2.25. The molecule has 194 valence electrons. The topological polar surface area (TPSA) is 57.2 Å². The molecule has 0 aromatic heterocycles. The lowest BCUT2D eigenvalue weighted by Gasteiger charge is -2.39. The summed E-state index contributed by atoms with van der Waals surface area (Å²) in [6.45, 7) is 14.2. The molecule has 0 saturated heterocycles. The standard InChI is InChI=1S/C20H43ClN.C7H8O3S/c1-4-7-10-13-18-22(20-15-16-21,17-12-9-6-3)19-14-11-8-5-2;1-6-2-4-7(5-3-6)11(8,9)10/h4-20H2,1-3H3;2-5H,1H3,(H,8,9,10)/q+1;/p-1. The first-order chi connectivity index (χ1) is 15.7. The molecule has 0 fully saturated rings. The number of benzene rings is 1. The molecule has 0 atom stereocenters. The number of rotatable bonds is 18. The first-order valence-corrected chi connectivity index (χ1v) is 15.1. The zero-order chi connectivity index (χ0) is 25.0. The minimum Gasteiger partial charge on any atom is -0.744 e. The van der Waals surface area contributed by atoms with Crippen LogP contribution in [0.3, 0.4) is 0 Å². The van der Waals surface area contributed by atoms with E-state index in [1.54, 1.807) is 12.1 Å². The second-order valence-electron chi connectivity index (χ2n) is 9.37. The van der Waals surface area contributed by atoms with Crippen molar-refractivity contribution >= 4 is 21.7 Å². The fourth-order valence-electron chi connectivity index (χ4n) is 4.22. The summed E-state index contributed by atoms with van der Waals surface area (Å²) in [6.07, 6.45) is 16.5. The van der Waals surface area contributed by atoms with Gasteiger partial charge in [0.25, 0.3) is 0 Å². The quantitative estimate of drug-likeness (QED) is 0.0892. The van der Waals surface area contributed by atoms with Crippen molar-refractivity contribution in [1.82, 2.24) is 0 Å². The van der Waals surface area contributed by atoms with Crippen LogP contribution in [0.5, 0.6) is 0 Å². The lowest BCUT2D eigenvalue weighted by atomic mass is 10.1. The van der Waals surface area contributed by atoms with E-state index in [4.69, 9.17) is 11.6 Å². The predicted octanol–water partition coefficient (Wildman–Crippen LogP) is 7.68. The van der Waals surface area contributed by atoms with Gasteiger partial charge < -0.3 is 9.04 Å². The highest BCUT2D eigenvalue weighted by molar-refractivity contribution is 7.85. The van der Waals surface area contributed by atoms with Crippen LogP contribution in [-0.2, 0) is 10.1 Å². The van der Waals surface area contributed by atoms with Gasteiger partial charge in [0.05, 0.1) is 31.1 Å². The maximum atomic E-state index is 10.4. The van der Waals surface area contributed by atoms with E-state index in [1.807, 2.05) is 6.92 Å². The molecule has 1 aromatic carbocycles. The van der Waals surface area contributed by atoms with Gasteiger partial charge in [-0.2, -0.15) is 0 Å². The van der Waals surface area contributed by atoms with E-state index >= 15 is 0 Å². The first kappa shape index (κ1) is 32.4. The molecule has 0 aliphatic heterocycles. The molecule has 0 aliphatic carbocycles. The van der Waals surface area contributed by atoms with Crippen molar-refractivity contribution in [2.75, 3.05) is 32.1 Å². The Morgan fingerprint density at radius 1 is 0.697 bits per heavy atom. The largest absolute Gasteiger partial charge is 0.744 e. The molecule has 0 heterocycles. The number of hydrogen-bond donors (Lipinski definition) is 0. The summed E-state index contributed by atoms with van der Waals surface area (Å²) in [6, 6.07) is 5.78. The van der Waals surface area contributed by atoms with Crippen LogP contribution < -0.4 is 0 Å². The van der Waals surface area contributed by atoms with E-state index < -0.39 is 10.1 Å². The van der Waals surface area contributed by atoms with Gasteiger partial charge in [-0.25, -0.2) is 8.42 Å². The van der Waals surface area contributed by atoms with Crippen LogP contribution in [0.2, 0.25) is 0 Å². The van der Waals surface area contributed by atoms with Crippen molar-refractivity contribution in [3.63, 3.8) is 0 Å². The third-order valence-corrected chi connectivity index (χ3v) is 7.40. The molecule has 0 radical (unpaired) electrons. The lowest BCUT2D eigenvalue weighted by Crippen LogP contribution is -2.51. The van der Waals surface area contributed by atoms with Crippen molar-refractivity contribution in [2.45, 2.75) is 110 Å². The third-order valence-electron chi connectivity index (χ3n) is 6.28. The molecular formula is C27H50ClNO3S. The molecule has 4 nitrogen and oxygen atoms in total. The summed E-state index contributed by atoms with van der Waals surface area (Å²) in [7, 11) is -4.27. The number of nitrogens with zero attached hydrogens (tertiary/aromatic N) is 1. The summed E-state index contributed by atoms with van der Waals surface area (Å²) < 4.78 is 32.5. The molecule has 33 heavy (non-hydrogen) atoms. The number of halogens is 1. The molecule has 0 unspecified atom stereocenters. The second kappa shape index (κ2) is 19.7. The second-order valence-corrected chi connectivity index (χ2v) is 11.1. The maximum Gasteiger partial charge on any atom is 0.124 e. The molecule has 0 N–H and O–H groups in total. The number of alkyl halides is 1. The van der Waals surface area contributed by atoms with Gasteiger partial charge in [0, 0.05) is 12.3 Å². The summed E-state index contributed by atoms with van der Waals surface area (Å²) in [5, 5.41) is 0. The monoisotopic (exact) mass is 503 g/mol. The van der Waals surface area contributed by atoms with Gasteiger partial charge in [0.2, 0.25) is 0 Å². The van der Waals surface area contributed by atoms with Crippen molar-refractivity contribution in [2.24, 2.45) is 0 Å². The average Bonchev–Trinajstić information content (AvgIpc) is 2.78.